The first-order valence-corrected chi connectivity index (χ1v) is 7.57. The van der Waals surface area contributed by atoms with E-state index in [-0.39, 0.29) is 22.7 Å². The van der Waals surface area contributed by atoms with Crippen LogP contribution in [0, 0.1) is 23.7 Å². The predicted octanol–water partition coefficient (Wildman–Crippen LogP) is 2.18. The number of nitrogens with zero attached hydrogens (tertiary/aromatic N) is 3. The number of hydrogen-bond acceptors (Lipinski definition) is 5. The summed E-state index contributed by atoms with van der Waals surface area (Å²) in [6.45, 7) is 5.97. The normalized spacial score (nSPS) is 23.4. The number of aromatic nitrogens is 2. The Labute approximate surface area is 135 Å². The van der Waals surface area contributed by atoms with Crippen LogP contribution in [0.25, 0.3) is 0 Å². The fourth-order valence-corrected chi connectivity index (χ4v) is 3.47. The third-order valence-electron chi connectivity index (χ3n) is 4.40. The number of ketones is 1. The van der Waals surface area contributed by atoms with Crippen molar-refractivity contribution in [3.63, 3.8) is 0 Å². The minimum Gasteiger partial charge on any atom is -0.444 e. The highest BCUT2D eigenvalue weighted by Gasteiger charge is 2.44. The van der Waals surface area contributed by atoms with Crippen LogP contribution in [-0.4, -0.2) is 15.6 Å². The highest BCUT2D eigenvalue weighted by molar-refractivity contribution is 6.00. The van der Waals surface area contributed by atoms with Gasteiger partial charge in [0.05, 0.1) is 11.6 Å². The van der Waals surface area contributed by atoms with Gasteiger partial charge in [-0.3, -0.25) is 9.48 Å². The molecule has 0 radical (unpaired) electrons. The lowest BCUT2D eigenvalue weighted by molar-refractivity contribution is -0.119. The van der Waals surface area contributed by atoms with E-state index in [0.29, 0.717) is 29.9 Å². The van der Waals surface area contributed by atoms with E-state index in [1.54, 1.807) is 4.68 Å². The summed E-state index contributed by atoms with van der Waals surface area (Å²) in [5, 5.41) is 14.0. The molecule has 0 spiro atoms. The molecule has 120 valence electrons. The van der Waals surface area contributed by atoms with Gasteiger partial charge in [0.2, 0.25) is 5.88 Å². The molecule has 23 heavy (non-hydrogen) atoms. The third-order valence-corrected chi connectivity index (χ3v) is 4.40. The second-order valence-corrected chi connectivity index (χ2v) is 7.07. The Hall–Kier alpha value is -2.55. The quantitative estimate of drug-likeness (QED) is 0.857. The van der Waals surface area contributed by atoms with Crippen LogP contribution in [0.4, 0.5) is 0 Å². The van der Waals surface area contributed by atoms with Crippen LogP contribution in [0.3, 0.4) is 0 Å². The summed E-state index contributed by atoms with van der Waals surface area (Å²) in [5.74, 6) is 0.129. The molecular formula is C17H20N4O2. The molecule has 3 rings (SSSR count). The largest absolute Gasteiger partial charge is 0.444 e. The highest BCUT2D eigenvalue weighted by atomic mass is 16.5. The minimum atomic E-state index is -0.534. The smallest absolute Gasteiger partial charge is 0.205 e. The third kappa shape index (κ3) is 2.42. The Morgan fingerprint density at radius 1 is 1.48 bits per heavy atom. The molecule has 1 unspecified atom stereocenters. The van der Waals surface area contributed by atoms with Crippen molar-refractivity contribution in [3.05, 3.63) is 40.2 Å². The van der Waals surface area contributed by atoms with Crippen LogP contribution >= 0.6 is 0 Å². The van der Waals surface area contributed by atoms with E-state index in [1.165, 1.54) is 0 Å². The summed E-state index contributed by atoms with van der Waals surface area (Å²) in [5.41, 5.74) is 8.21. The van der Waals surface area contributed by atoms with Crippen molar-refractivity contribution < 1.29 is 9.53 Å². The lowest BCUT2D eigenvalue weighted by Crippen LogP contribution is -2.33. The molecule has 6 nitrogen and oxygen atoms in total. The maximum Gasteiger partial charge on any atom is 0.205 e. The molecule has 2 aliphatic rings. The summed E-state index contributed by atoms with van der Waals surface area (Å²) < 4.78 is 7.34. The molecule has 2 N–H and O–H groups in total. The topological polar surface area (TPSA) is 93.9 Å². The number of nitriles is 1. The molecule has 0 bridgehead atoms. The molecule has 1 aromatic heterocycles. The number of carbonyl (C=O) groups excluding carboxylic acids is 1. The van der Waals surface area contributed by atoms with Gasteiger partial charge in [-0.05, 0) is 17.9 Å². The first kappa shape index (κ1) is 15.3. The van der Waals surface area contributed by atoms with E-state index in [2.05, 4.69) is 11.2 Å². The maximum absolute atomic E-state index is 12.8. The summed E-state index contributed by atoms with van der Waals surface area (Å²) in [6.07, 6.45) is 2.92. The predicted molar refractivity (Wildman–Crippen MR) is 83.6 cm³/mol. The van der Waals surface area contributed by atoms with Gasteiger partial charge in [-0.2, -0.15) is 10.4 Å². The first-order chi connectivity index (χ1) is 10.7. The number of allylic oxidation sites excluding steroid dienone is 3. The highest BCUT2D eigenvalue weighted by Crippen LogP contribution is 2.47. The van der Waals surface area contributed by atoms with Crippen LogP contribution in [0.2, 0.25) is 0 Å². The molecule has 1 aliphatic carbocycles. The molecule has 0 aromatic carbocycles. The van der Waals surface area contributed by atoms with Gasteiger partial charge in [-0.1, -0.05) is 13.8 Å². The van der Waals surface area contributed by atoms with Crippen LogP contribution in [0.1, 0.15) is 43.9 Å². The zero-order chi connectivity index (χ0) is 16.9. The van der Waals surface area contributed by atoms with Crippen molar-refractivity contribution in [1.82, 2.24) is 9.78 Å². The van der Waals surface area contributed by atoms with Gasteiger partial charge in [0, 0.05) is 31.7 Å². The summed E-state index contributed by atoms with van der Waals surface area (Å²) >= 11 is 0. The summed E-state index contributed by atoms with van der Waals surface area (Å²) in [6, 6.07) is 2.11. The molecule has 0 amide bonds. The van der Waals surface area contributed by atoms with Crippen LogP contribution in [0.5, 0.6) is 0 Å². The number of aryl methyl sites for hydroxylation is 2. The Balaban J connectivity index is 2.22. The second kappa shape index (κ2) is 4.98. The first-order valence-electron chi connectivity index (χ1n) is 7.57. The fraction of sp³-hybridized carbons (Fsp3) is 0.471. The number of hydrogen-bond donors (Lipinski definition) is 1. The standard InChI is InChI=1S/C17H20N4O2/c1-9-8-21(4)20-15(9)13-10(7-18)16(19)23-12-6-17(2,3)5-11(22)14(12)13/h8,13H,5-6,19H2,1-4H3. The number of Topliss-reactive ketones (excluding diaryl/α,β-unsaturated/α-hetero) is 1. The van der Waals surface area contributed by atoms with Gasteiger partial charge >= 0.3 is 0 Å². The molecule has 2 heterocycles. The number of ether oxygens (including phenoxy) is 1. The van der Waals surface area contributed by atoms with E-state index in [9.17, 15) is 10.1 Å². The van der Waals surface area contributed by atoms with Gasteiger partial charge in [0.25, 0.3) is 0 Å². The lowest BCUT2D eigenvalue weighted by atomic mass is 9.71. The summed E-state index contributed by atoms with van der Waals surface area (Å²) in [4.78, 5) is 12.8. The van der Waals surface area contributed by atoms with Crippen LogP contribution < -0.4 is 5.73 Å². The molecule has 1 aliphatic heterocycles. The molecular weight excluding hydrogens is 292 g/mol. The van der Waals surface area contributed by atoms with Crippen molar-refractivity contribution >= 4 is 5.78 Å². The molecule has 0 saturated carbocycles. The van der Waals surface area contributed by atoms with Gasteiger partial charge in [0.15, 0.2) is 5.78 Å². The molecule has 1 atom stereocenters. The van der Waals surface area contributed by atoms with E-state index in [0.717, 1.165) is 5.56 Å². The van der Waals surface area contributed by atoms with E-state index in [1.807, 2.05) is 34.0 Å². The Morgan fingerprint density at radius 3 is 2.74 bits per heavy atom. The number of rotatable bonds is 1. The van der Waals surface area contributed by atoms with Crippen molar-refractivity contribution in [2.45, 2.75) is 39.5 Å². The Bertz CT molecular complexity index is 805. The summed E-state index contributed by atoms with van der Waals surface area (Å²) in [7, 11) is 1.82. The maximum atomic E-state index is 12.8. The van der Waals surface area contributed by atoms with Crippen LogP contribution in [0.15, 0.2) is 29.0 Å². The number of carbonyl (C=O) groups is 1. The second-order valence-electron chi connectivity index (χ2n) is 7.07. The average Bonchev–Trinajstić information content (AvgIpc) is 2.74. The SMILES string of the molecule is Cc1cn(C)nc1C1C(C#N)=C(N)OC2=C1C(=O)CC(C)(C)C2. The van der Waals surface area contributed by atoms with E-state index >= 15 is 0 Å². The van der Waals surface area contributed by atoms with E-state index in [4.69, 9.17) is 10.5 Å². The zero-order valence-corrected chi connectivity index (χ0v) is 13.8. The van der Waals surface area contributed by atoms with Crippen molar-refractivity contribution in [3.8, 4) is 6.07 Å². The Morgan fingerprint density at radius 2 is 2.17 bits per heavy atom. The van der Waals surface area contributed by atoms with Crippen molar-refractivity contribution in [2.24, 2.45) is 18.2 Å². The number of nitrogens with two attached hydrogens (primary N) is 1. The minimum absolute atomic E-state index is 0.00607. The lowest BCUT2D eigenvalue weighted by Gasteiger charge is -2.36. The van der Waals surface area contributed by atoms with Gasteiger partial charge in [0.1, 0.15) is 17.4 Å². The average molecular weight is 312 g/mol. The molecule has 1 aromatic rings. The van der Waals surface area contributed by atoms with Crippen molar-refractivity contribution in [1.29, 1.82) is 5.26 Å². The van der Waals surface area contributed by atoms with Crippen LogP contribution in [-0.2, 0) is 16.6 Å². The van der Waals surface area contributed by atoms with E-state index < -0.39 is 5.92 Å². The molecule has 0 saturated heterocycles. The Kier molecular flexibility index (Phi) is 3.33. The monoisotopic (exact) mass is 312 g/mol. The molecule has 0 fully saturated rings. The van der Waals surface area contributed by atoms with Crippen molar-refractivity contribution in [2.75, 3.05) is 0 Å². The molecule has 6 heteroatoms. The van der Waals surface area contributed by atoms with Gasteiger partial charge in [-0.25, -0.2) is 0 Å². The fourth-order valence-electron chi connectivity index (χ4n) is 3.47. The van der Waals surface area contributed by atoms with Gasteiger partial charge in [-0.15, -0.1) is 0 Å². The van der Waals surface area contributed by atoms with Gasteiger partial charge < -0.3 is 10.5 Å². The zero-order valence-electron chi connectivity index (χ0n) is 13.8.